The third-order valence-electron chi connectivity index (χ3n) is 5.51. The van der Waals surface area contributed by atoms with E-state index in [1.165, 1.54) is 0 Å². The molecule has 1 aromatic heterocycles. The van der Waals surface area contributed by atoms with Crippen LogP contribution in [0.5, 0.6) is 0 Å². The third-order valence-corrected chi connectivity index (χ3v) is 6.99. The highest BCUT2D eigenvalue weighted by Gasteiger charge is 2.17. The first-order chi connectivity index (χ1) is 15.0. The Labute approximate surface area is 183 Å². The van der Waals surface area contributed by atoms with Crippen molar-refractivity contribution in [2.45, 2.75) is 44.6 Å². The van der Waals surface area contributed by atoms with Crippen molar-refractivity contribution < 1.29 is 8.42 Å². The second kappa shape index (κ2) is 8.94. The average Bonchev–Trinajstić information content (AvgIpc) is 3.15. The lowest BCUT2D eigenvalue weighted by Gasteiger charge is -2.12. The van der Waals surface area contributed by atoms with Crippen LogP contribution in [0.15, 0.2) is 77.7 Å². The molecule has 4 rings (SSSR count). The topological polar surface area (TPSA) is 64.0 Å². The van der Waals surface area contributed by atoms with Crippen LogP contribution < -0.4 is 4.72 Å². The van der Waals surface area contributed by atoms with Crippen molar-refractivity contribution in [3.05, 3.63) is 89.7 Å². The first kappa shape index (κ1) is 21.1. The third kappa shape index (κ3) is 4.49. The highest BCUT2D eigenvalue weighted by molar-refractivity contribution is 7.92. The maximum Gasteiger partial charge on any atom is 0.262 e. The molecule has 0 radical (unpaired) electrons. The molecular formula is C25H27N3O2S. The SMILES string of the molecule is CCc1ccccc1S(=O)(=O)Nc1cccc(CCc2nc3ccccc3n2CC)c1. The van der Waals surface area contributed by atoms with Gasteiger partial charge in [-0.05, 0) is 61.2 Å². The summed E-state index contributed by atoms with van der Waals surface area (Å²) in [5, 5.41) is 0. The van der Waals surface area contributed by atoms with E-state index in [9.17, 15) is 8.42 Å². The molecule has 0 saturated carbocycles. The number of imidazole rings is 1. The quantitative estimate of drug-likeness (QED) is 0.415. The average molecular weight is 434 g/mol. The Morgan fingerprint density at radius 3 is 2.48 bits per heavy atom. The monoisotopic (exact) mass is 433 g/mol. The van der Waals surface area contributed by atoms with Crippen LogP contribution in [-0.2, 0) is 35.8 Å². The summed E-state index contributed by atoms with van der Waals surface area (Å²) in [6.07, 6.45) is 2.23. The largest absolute Gasteiger partial charge is 0.328 e. The minimum Gasteiger partial charge on any atom is -0.328 e. The lowest BCUT2D eigenvalue weighted by atomic mass is 10.1. The van der Waals surface area contributed by atoms with Gasteiger partial charge in [-0.3, -0.25) is 4.72 Å². The number of hydrogen-bond acceptors (Lipinski definition) is 3. The van der Waals surface area contributed by atoms with Gasteiger partial charge in [0.2, 0.25) is 0 Å². The number of hydrogen-bond donors (Lipinski definition) is 1. The fourth-order valence-electron chi connectivity index (χ4n) is 3.98. The summed E-state index contributed by atoms with van der Waals surface area (Å²) in [6.45, 7) is 4.95. The molecule has 3 aromatic carbocycles. The molecular weight excluding hydrogens is 406 g/mol. The zero-order chi connectivity index (χ0) is 21.8. The molecule has 160 valence electrons. The number of rotatable bonds is 8. The number of aryl methyl sites for hydroxylation is 4. The van der Waals surface area contributed by atoms with Gasteiger partial charge in [-0.2, -0.15) is 0 Å². The Bertz CT molecular complexity index is 1310. The molecule has 5 nitrogen and oxygen atoms in total. The van der Waals surface area contributed by atoms with Crippen molar-refractivity contribution in [3.63, 3.8) is 0 Å². The van der Waals surface area contributed by atoms with Crippen LogP contribution in [0.2, 0.25) is 0 Å². The second-order valence-corrected chi connectivity index (χ2v) is 9.18. The Morgan fingerprint density at radius 1 is 0.903 bits per heavy atom. The number of nitrogens with zero attached hydrogens (tertiary/aromatic N) is 2. The Hall–Kier alpha value is -3.12. The molecule has 0 aliphatic rings. The standard InChI is InChI=1S/C25H27N3O2S/c1-3-20-11-5-8-15-24(20)31(29,30)27-21-12-9-10-19(18-21)16-17-25-26-22-13-6-7-14-23(22)28(25)4-2/h5-15,18,27H,3-4,16-17H2,1-2H3. The molecule has 6 heteroatoms. The van der Waals surface area contributed by atoms with Crippen LogP contribution in [0.4, 0.5) is 5.69 Å². The molecule has 0 unspecified atom stereocenters. The number of nitrogens with one attached hydrogen (secondary N) is 1. The lowest BCUT2D eigenvalue weighted by Crippen LogP contribution is -2.15. The first-order valence-corrected chi connectivity index (χ1v) is 12.1. The van der Waals surface area contributed by atoms with Crippen molar-refractivity contribution in [1.29, 1.82) is 0 Å². The van der Waals surface area contributed by atoms with E-state index in [0.717, 1.165) is 47.4 Å². The van der Waals surface area contributed by atoms with Crippen molar-refractivity contribution in [1.82, 2.24) is 9.55 Å². The van der Waals surface area contributed by atoms with Crippen molar-refractivity contribution in [2.75, 3.05) is 4.72 Å². The number of aromatic nitrogens is 2. The van der Waals surface area contributed by atoms with Crippen molar-refractivity contribution >= 4 is 26.7 Å². The fourth-order valence-corrected chi connectivity index (χ4v) is 5.35. The van der Waals surface area contributed by atoms with Crippen molar-refractivity contribution in [2.24, 2.45) is 0 Å². The predicted molar refractivity (Wildman–Crippen MR) is 126 cm³/mol. The Balaban J connectivity index is 1.53. The van der Waals surface area contributed by atoms with Crippen molar-refractivity contribution in [3.8, 4) is 0 Å². The lowest BCUT2D eigenvalue weighted by molar-refractivity contribution is 0.600. The van der Waals surface area contributed by atoms with E-state index >= 15 is 0 Å². The molecule has 0 aliphatic carbocycles. The van der Waals surface area contributed by atoms with E-state index < -0.39 is 10.0 Å². The summed E-state index contributed by atoms with van der Waals surface area (Å²) >= 11 is 0. The second-order valence-electron chi connectivity index (χ2n) is 7.53. The van der Waals surface area contributed by atoms with Gasteiger partial charge in [-0.15, -0.1) is 0 Å². The van der Waals surface area contributed by atoms with Gasteiger partial charge in [0.15, 0.2) is 0 Å². The van der Waals surface area contributed by atoms with Crippen LogP contribution in [0.3, 0.4) is 0 Å². The van der Waals surface area contributed by atoms with Gasteiger partial charge in [-0.1, -0.05) is 49.4 Å². The molecule has 0 spiro atoms. The van der Waals surface area contributed by atoms with Gasteiger partial charge >= 0.3 is 0 Å². The maximum atomic E-state index is 12.9. The van der Waals surface area contributed by atoms with Crippen LogP contribution in [0.1, 0.15) is 30.8 Å². The first-order valence-electron chi connectivity index (χ1n) is 10.7. The highest BCUT2D eigenvalue weighted by atomic mass is 32.2. The van der Waals surface area contributed by atoms with Gasteiger partial charge in [-0.25, -0.2) is 13.4 Å². The summed E-state index contributed by atoms with van der Waals surface area (Å²) in [6, 6.07) is 22.9. The summed E-state index contributed by atoms with van der Waals surface area (Å²) in [7, 11) is -3.63. The summed E-state index contributed by atoms with van der Waals surface area (Å²) in [4.78, 5) is 5.12. The molecule has 0 fully saturated rings. The molecule has 4 aromatic rings. The molecule has 0 amide bonds. The van der Waals surface area contributed by atoms with Crippen LogP contribution >= 0.6 is 0 Å². The number of anilines is 1. The minimum atomic E-state index is -3.63. The van der Waals surface area contributed by atoms with E-state index in [0.29, 0.717) is 17.0 Å². The Morgan fingerprint density at radius 2 is 1.68 bits per heavy atom. The minimum absolute atomic E-state index is 0.333. The normalized spacial score (nSPS) is 11.7. The van der Waals surface area contributed by atoms with Gasteiger partial charge in [0, 0.05) is 18.7 Å². The molecule has 1 N–H and O–H groups in total. The molecule has 0 atom stereocenters. The van der Waals surface area contributed by atoms with Gasteiger partial charge < -0.3 is 4.57 Å². The number of para-hydroxylation sites is 2. The molecule has 0 bridgehead atoms. The fraction of sp³-hybridized carbons (Fsp3) is 0.240. The molecule has 31 heavy (non-hydrogen) atoms. The number of fused-ring (bicyclic) bond motifs is 1. The van der Waals surface area contributed by atoms with E-state index in [2.05, 4.69) is 22.3 Å². The maximum absolute atomic E-state index is 12.9. The van der Waals surface area contributed by atoms with E-state index in [1.807, 2.05) is 55.5 Å². The summed E-state index contributed by atoms with van der Waals surface area (Å²) in [5.74, 6) is 1.05. The van der Waals surface area contributed by atoms with E-state index in [1.54, 1.807) is 18.2 Å². The zero-order valence-electron chi connectivity index (χ0n) is 17.9. The van der Waals surface area contributed by atoms with Gasteiger partial charge in [0.1, 0.15) is 5.82 Å². The Kier molecular flexibility index (Phi) is 6.09. The molecule has 1 heterocycles. The smallest absolute Gasteiger partial charge is 0.262 e. The molecule has 0 aliphatic heterocycles. The summed E-state index contributed by atoms with van der Waals surface area (Å²) < 4.78 is 30.8. The van der Waals surface area contributed by atoms with Crippen LogP contribution in [-0.4, -0.2) is 18.0 Å². The van der Waals surface area contributed by atoms with Gasteiger partial charge in [0.25, 0.3) is 10.0 Å². The summed E-state index contributed by atoms with van der Waals surface area (Å²) in [5.41, 5.74) is 4.61. The van der Waals surface area contributed by atoms with Gasteiger partial charge in [0.05, 0.1) is 15.9 Å². The number of benzene rings is 3. The van der Waals surface area contributed by atoms with Crippen LogP contribution in [0.25, 0.3) is 11.0 Å². The zero-order valence-corrected chi connectivity index (χ0v) is 18.7. The molecule has 0 saturated heterocycles. The van der Waals surface area contributed by atoms with E-state index in [-0.39, 0.29) is 0 Å². The van der Waals surface area contributed by atoms with Crippen LogP contribution in [0, 0.1) is 0 Å². The number of sulfonamides is 1. The highest BCUT2D eigenvalue weighted by Crippen LogP contribution is 2.22. The van der Waals surface area contributed by atoms with E-state index in [4.69, 9.17) is 4.98 Å². The predicted octanol–water partition coefficient (Wildman–Crippen LogP) is 5.20.